The normalized spacial score (nSPS) is 12.3. The summed E-state index contributed by atoms with van der Waals surface area (Å²) in [4.78, 5) is 10.9. The van der Waals surface area contributed by atoms with Crippen molar-refractivity contribution in [3.63, 3.8) is 0 Å². The van der Waals surface area contributed by atoms with E-state index in [0.29, 0.717) is 5.56 Å². The van der Waals surface area contributed by atoms with Crippen LogP contribution in [-0.4, -0.2) is 5.11 Å². The Kier molecular flexibility index (Phi) is 2.65. The minimum absolute atomic E-state index is 0.258. The van der Waals surface area contributed by atoms with E-state index in [0.717, 1.165) is 0 Å². The average molecular weight is 202 g/mol. The Balaban J connectivity index is 2.37. The molecule has 0 saturated carbocycles. The molecule has 0 bridgehead atoms. The van der Waals surface area contributed by atoms with Gasteiger partial charge in [0.2, 0.25) is 0 Å². The summed E-state index contributed by atoms with van der Waals surface area (Å²) in [5.74, 6) is 0.258. The Morgan fingerprint density at radius 2 is 1.73 bits per heavy atom. The number of hydrogen-bond acceptors (Lipinski definition) is 3. The SMILES string of the molecule is O=c1cccc(C(O)c2ccccc2)o1. The lowest BCUT2D eigenvalue weighted by Crippen LogP contribution is -2.04. The first-order valence-electron chi connectivity index (χ1n) is 4.60. The molecule has 1 unspecified atom stereocenters. The Hall–Kier alpha value is -1.87. The van der Waals surface area contributed by atoms with E-state index in [1.165, 1.54) is 6.07 Å². The van der Waals surface area contributed by atoms with Gasteiger partial charge in [-0.05, 0) is 11.6 Å². The molecule has 0 saturated heterocycles. The molecule has 0 aliphatic heterocycles. The molecule has 0 fully saturated rings. The molecule has 76 valence electrons. The zero-order valence-electron chi connectivity index (χ0n) is 7.96. The largest absolute Gasteiger partial charge is 0.425 e. The van der Waals surface area contributed by atoms with Crippen LogP contribution in [0.25, 0.3) is 0 Å². The summed E-state index contributed by atoms with van der Waals surface area (Å²) in [6, 6.07) is 13.5. The summed E-state index contributed by atoms with van der Waals surface area (Å²) in [5.41, 5.74) is 0.245. The quantitative estimate of drug-likeness (QED) is 0.806. The van der Waals surface area contributed by atoms with Crippen LogP contribution in [0.5, 0.6) is 0 Å². The van der Waals surface area contributed by atoms with Gasteiger partial charge in [0.15, 0.2) is 0 Å². The molecule has 0 aliphatic rings. The maximum atomic E-state index is 10.9. The van der Waals surface area contributed by atoms with Crippen LogP contribution < -0.4 is 5.63 Å². The van der Waals surface area contributed by atoms with E-state index in [9.17, 15) is 9.90 Å². The van der Waals surface area contributed by atoms with E-state index in [4.69, 9.17) is 4.42 Å². The highest BCUT2D eigenvalue weighted by molar-refractivity contribution is 5.23. The summed E-state index contributed by atoms with van der Waals surface area (Å²) >= 11 is 0. The van der Waals surface area contributed by atoms with Gasteiger partial charge in [-0.1, -0.05) is 36.4 Å². The van der Waals surface area contributed by atoms with Crippen molar-refractivity contribution in [3.05, 3.63) is 70.3 Å². The highest BCUT2D eigenvalue weighted by atomic mass is 16.4. The number of hydrogen-bond donors (Lipinski definition) is 1. The average Bonchev–Trinajstić information content (AvgIpc) is 2.29. The van der Waals surface area contributed by atoms with Crippen LogP contribution in [0.1, 0.15) is 17.4 Å². The van der Waals surface area contributed by atoms with Gasteiger partial charge in [0.05, 0.1) is 0 Å². The third kappa shape index (κ3) is 2.14. The molecular formula is C12H10O3. The molecule has 0 amide bonds. The molecular weight excluding hydrogens is 192 g/mol. The molecule has 0 aliphatic carbocycles. The lowest BCUT2D eigenvalue weighted by atomic mass is 10.1. The first-order chi connectivity index (χ1) is 7.27. The third-order valence-electron chi connectivity index (χ3n) is 2.10. The highest BCUT2D eigenvalue weighted by Gasteiger charge is 2.11. The first-order valence-corrected chi connectivity index (χ1v) is 4.60. The molecule has 0 radical (unpaired) electrons. The van der Waals surface area contributed by atoms with Gasteiger partial charge < -0.3 is 9.52 Å². The second-order valence-electron chi connectivity index (χ2n) is 3.16. The van der Waals surface area contributed by atoms with Gasteiger partial charge in [-0.3, -0.25) is 0 Å². The van der Waals surface area contributed by atoms with Crippen LogP contribution in [0.2, 0.25) is 0 Å². The maximum absolute atomic E-state index is 10.9. The minimum atomic E-state index is -0.889. The van der Waals surface area contributed by atoms with E-state index in [1.807, 2.05) is 18.2 Å². The lowest BCUT2D eigenvalue weighted by Gasteiger charge is -2.08. The predicted molar refractivity (Wildman–Crippen MR) is 55.5 cm³/mol. The van der Waals surface area contributed by atoms with Crippen LogP contribution >= 0.6 is 0 Å². The Morgan fingerprint density at radius 1 is 1.00 bits per heavy atom. The minimum Gasteiger partial charge on any atom is -0.425 e. The van der Waals surface area contributed by atoms with Crippen LogP contribution in [0.15, 0.2) is 57.7 Å². The van der Waals surface area contributed by atoms with Gasteiger partial charge in [0, 0.05) is 6.07 Å². The summed E-state index contributed by atoms with van der Waals surface area (Å²) in [6.45, 7) is 0. The van der Waals surface area contributed by atoms with Crippen molar-refractivity contribution in [1.29, 1.82) is 0 Å². The molecule has 1 N–H and O–H groups in total. The molecule has 3 nitrogen and oxygen atoms in total. The highest BCUT2D eigenvalue weighted by Crippen LogP contribution is 2.19. The van der Waals surface area contributed by atoms with Gasteiger partial charge in [0.25, 0.3) is 0 Å². The second-order valence-corrected chi connectivity index (χ2v) is 3.16. The Bertz CT molecular complexity index is 487. The fourth-order valence-corrected chi connectivity index (χ4v) is 1.35. The van der Waals surface area contributed by atoms with E-state index in [1.54, 1.807) is 24.3 Å². The third-order valence-corrected chi connectivity index (χ3v) is 2.10. The van der Waals surface area contributed by atoms with Gasteiger partial charge in [-0.2, -0.15) is 0 Å². The summed E-state index contributed by atoms with van der Waals surface area (Å²) in [6.07, 6.45) is -0.889. The van der Waals surface area contributed by atoms with Crippen molar-refractivity contribution in [3.8, 4) is 0 Å². The molecule has 1 atom stereocenters. The number of rotatable bonds is 2. The Labute approximate surface area is 86.6 Å². The monoisotopic (exact) mass is 202 g/mol. The summed E-state index contributed by atoms with van der Waals surface area (Å²) < 4.78 is 4.89. The second kappa shape index (κ2) is 4.11. The summed E-state index contributed by atoms with van der Waals surface area (Å²) in [7, 11) is 0. The van der Waals surface area contributed by atoms with Crippen molar-refractivity contribution in [1.82, 2.24) is 0 Å². The van der Waals surface area contributed by atoms with Gasteiger partial charge in [-0.25, -0.2) is 4.79 Å². The maximum Gasteiger partial charge on any atom is 0.335 e. The standard InChI is InChI=1S/C12H10O3/c13-11-8-4-7-10(15-11)12(14)9-5-2-1-3-6-9/h1-8,12,14H. The van der Waals surface area contributed by atoms with Crippen molar-refractivity contribution in [2.24, 2.45) is 0 Å². The zero-order chi connectivity index (χ0) is 10.7. The zero-order valence-corrected chi connectivity index (χ0v) is 7.96. The summed E-state index contributed by atoms with van der Waals surface area (Å²) in [5, 5.41) is 9.88. The molecule has 1 aromatic carbocycles. The van der Waals surface area contributed by atoms with E-state index < -0.39 is 11.7 Å². The smallest absolute Gasteiger partial charge is 0.335 e. The molecule has 2 rings (SSSR count). The van der Waals surface area contributed by atoms with Gasteiger partial charge in [0.1, 0.15) is 11.9 Å². The van der Waals surface area contributed by atoms with Crippen LogP contribution in [0.4, 0.5) is 0 Å². The molecule has 0 spiro atoms. The van der Waals surface area contributed by atoms with Crippen molar-refractivity contribution < 1.29 is 9.52 Å². The molecule has 2 aromatic rings. The fourth-order valence-electron chi connectivity index (χ4n) is 1.35. The van der Waals surface area contributed by atoms with Crippen molar-refractivity contribution >= 4 is 0 Å². The van der Waals surface area contributed by atoms with Crippen molar-refractivity contribution in [2.45, 2.75) is 6.10 Å². The van der Waals surface area contributed by atoms with E-state index in [2.05, 4.69) is 0 Å². The number of aliphatic hydroxyl groups is 1. The predicted octanol–water partition coefficient (Wildman–Crippen LogP) is 1.72. The van der Waals surface area contributed by atoms with E-state index >= 15 is 0 Å². The molecule has 3 heteroatoms. The number of benzene rings is 1. The van der Waals surface area contributed by atoms with Crippen LogP contribution in [0, 0.1) is 0 Å². The van der Waals surface area contributed by atoms with Crippen LogP contribution in [0.3, 0.4) is 0 Å². The lowest BCUT2D eigenvalue weighted by molar-refractivity contribution is 0.183. The van der Waals surface area contributed by atoms with Gasteiger partial charge >= 0.3 is 5.63 Å². The molecule has 15 heavy (non-hydrogen) atoms. The topological polar surface area (TPSA) is 50.4 Å². The molecule has 1 aromatic heterocycles. The number of aliphatic hydroxyl groups excluding tert-OH is 1. The molecule has 1 heterocycles. The van der Waals surface area contributed by atoms with Crippen LogP contribution in [-0.2, 0) is 0 Å². The van der Waals surface area contributed by atoms with E-state index in [-0.39, 0.29) is 5.76 Å². The first kappa shape index (κ1) is 9.68. The van der Waals surface area contributed by atoms with Crippen molar-refractivity contribution in [2.75, 3.05) is 0 Å². The Morgan fingerprint density at radius 3 is 2.40 bits per heavy atom. The fraction of sp³-hybridized carbons (Fsp3) is 0.0833. The van der Waals surface area contributed by atoms with Gasteiger partial charge in [-0.15, -0.1) is 0 Å².